The van der Waals surface area contributed by atoms with E-state index < -0.39 is 26.7 Å². The lowest BCUT2D eigenvalue weighted by molar-refractivity contribution is 0.0948. The molecular weight excluding hydrogens is 290 g/mol. The fourth-order valence-electron chi connectivity index (χ4n) is 1.43. The summed E-state index contributed by atoms with van der Waals surface area (Å²) in [4.78, 5) is 11.7. The Morgan fingerprint density at radius 1 is 1.53 bits per heavy atom. The standard InChI is InChI=1S/C10H17N3O4S2/c1-3-18(15)5-4-12-10(14)9-6-8(7-13(9)2)19(11,16)17/h6-7H,3-5H2,1-2H3,(H,12,14)(H2,11,16,17). The van der Waals surface area contributed by atoms with Gasteiger partial charge in [0.05, 0.1) is 0 Å². The molecule has 1 aromatic rings. The predicted octanol–water partition coefficient (Wildman–Crippen LogP) is -0.829. The van der Waals surface area contributed by atoms with Crippen molar-refractivity contribution in [3.05, 3.63) is 18.0 Å². The maximum absolute atomic E-state index is 11.8. The van der Waals surface area contributed by atoms with Gasteiger partial charge in [0.25, 0.3) is 5.91 Å². The lowest BCUT2D eigenvalue weighted by atomic mass is 10.4. The topological polar surface area (TPSA) is 111 Å². The number of nitrogens with one attached hydrogen (secondary N) is 1. The van der Waals surface area contributed by atoms with Crippen molar-refractivity contribution in [3.8, 4) is 0 Å². The molecule has 0 aliphatic heterocycles. The number of sulfonamides is 1. The van der Waals surface area contributed by atoms with Gasteiger partial charge in [0.1, 0.15) is 10.6 Å². The van der Waals surface area contributed by atoms with Crippen molar-refractivity contribution in [2.45, 2.75) is 11.8 Å². The van der Waals surface area contributed by atoms with Crippen molar-refractivity contribution < 1.29 is 17.4 Å². The van der Waals surface area contributed by atoms with E-state index in [2.05, 4.69) is 5.32 Å². The normalized spacial score (nSPS) is 13.2. The van der Waals surface area contributed by atoms with E-state index in [1.54, 1.807) is 14.0 Å². The molecule has 0 saturated heterocycles. The Morgan fingerprint density at radius 2 is 2.16 bits per heavy atom. The molecular formula is C10H17N3O4S2. The van der Waals surface area contributed by atoms with Gasteiger partial charge in [0.2, 0.25) is 10.0 Å². The first-order chi connectivity index (χ1) is 8.75. The van der Waals surface area contributed by atoms with Crippen molar-refractivity contribution in [3.63, 3.8) is 0 Å². The minimum Gasteiger partial charge on any atom is -0.350 e. The van der Waals surface area contributed by atoms with Crippen LogP contribution in [-0.4, -0.2) is 41.2 Å². The highest BCUT2D eigenvalue weighted by molar-refractivity contribution is 7.89. The van der Waals surface area contributed by atoms with Crippen LogP contribution in [0.3, 0.4) is 0 Å². The molecule has 0 aromatic carbocycles. The molecule has 19 heavy (non-hydrogen) atoms. The first-order valence-corrected chi connectivity index (χ1v) is 8.61. The Morgan fingerprint density at radius 3 is 2.63 bits per heavy atom. The molecule has 1 atom stereocenters. The van der Waals surface area contributed by atoms with E-state index in [1.807, 2.05) is 0 Å². The van der Waals surface area contributed by atoms with Gasteiger partial charge in [0, 0.05) is 42.1 Å². The summed E-state index contributed by atoms with van der Waals surface area (Å²) in [5.41, 5.74) is 0.186. The monoisotopic (exact) mass is 307 g/mol. The smallest absolute Gasteiger partial charge is 0.267 e. The third-order valence-corrected chi connectivity index (χ3v) is 4.66. The molecule has 0 radical (unpaired) electrons. The van der Waals surface area contributed by atoms with Gasteiger partial charge in [-0.15, -0.1) is 0 Å². The van der Waals surface area contributed by atoms with E-state index in [0.29, 0.717) is 11.5 Å². The lowest BCUT2D eigenvalue weighted by Gasteiger charge is -2.05. The quantitative estimate of drug-likeness (QED) is 0.714. The maximum atomic E-state index is 11.8. The van der Waals surface area contributed by atoms with Gasteiger partial charge >= 0.3 is 0 Å². The Kier molecular flexibility index (Phi) is 5.27. The van der Waals surface area contributed by atoms with Crippen LogP contribution < -0.4 is 10.5 Å². The summed E-state index contributed by atoms with van der Waals surface area (Å²) in [6.07, 6.45) is 1.27. The summed E-state index contributed by atoms with van der Waals surface area (Å²) in [6, 6.07) is 1.21. The van der Waals surface area contributed by atoms with Crippen LogP contribution in [0.1, 0.15) is 17.4 Å². The molecule has 9 heteroatoms. The predicted molar refractivity (Wildman–Crippen MR) is 72.7 cm³/mol. The van der Waals surface area contributed by atoms with Gasteiger partial charge in [-0.2, -0.15) is 0 Å². The van der Waals surface area contributed by atoms with E-state index in [-0.39, 0.29) is 17.1 Å². The van der Waals surface area contributed by atoms with Crippen molar-refractivity contribution in [1.82, 2.24) is 9.88 Å². The number of hydrogen-bond acceptors (Lipinski definition) is 4. The summed E-state index contributed by atoms with van der Waals surface area (Å²) in [5, 5.41) is 7.57. The van der Waals surface area contributed by atoms with Crippen molar-refractivity contribution in [2.24, 2.45) is 12.2 Å². The molecule has 1 heterocycles. The van der Waals surface area contributed by atoms with Gasteiger partial charge in [-0.1, -0.05) is 6.92 Å². The summed E-state index contributed by atoms with van der Waals surface area (Å²) >= 11 is 0. The highest BCUT2D eigenvalue weighted by Crippen LogP contribution is 2.11. The molecule has 0 aliphatic carbocycles. The minimum atomic E-state index is -3.83. The molecule has 0 bridgehead atoms. The maximum Gasteiger partial charge on any atom is 0.267 e. The van der Waals surface area contributed by atoms with Crippen molar-refractivity contribution >= 4 is 26.7 Å². The third kappa shape index (κ3) is 4.44. The molecule has 0 spiro atoms. The van der Waals surface area contributed by atoms with E-state index in [0.717, 1.165) is 0 Å². The number of aromatic nitrogens is 1. The number of carbonyl (C=O) groups excluding carboxylic acids is 1. The number of hydrogen-bond donors (Lipinski definition) is 2. The average Bonchev–Trinajstić information content (AvgIpc) is 2.70. The number of primary sulfonamides is 1. The van der Waals surface area contributed by atoms with E-state index in [4.69, 9.17) is 5.14 Å². The second kappa shape index (κ2) is 6.31. The SMILES string of the molecule is CCS(=O)CCNC(=O)c1cc(S(N)(=O)=O)cn1C. The number of nitrogens with two attached hydrogens (primary N) is 1. The molecule has 3 N–H and O–H groups in total. The Bertz CT molecular complexity index is 592. The summed E-state index contributed by atoms with van der Waals surface area (Å²) in [7, 11) is -3.23. The Labute approximate surface area is 114 Å². The van der Waals surface area contributed by atoms with Crippen LogP contribution in [-0.2, 0) is 27.9 Å². The molecule has 7 nitrogen and oxygen atoms in total. The fraction of sp³-hybridized carbons (Fsp3) is 0.500. The van der Waals surface area contributed by atoms with Crippen molar-refractivity contribution in [1.29, 1.82) is 0 Å². The van der Waals surface area contributed by atoms with Gasteiger partial charge in [0.15, 0.2) is 0 Å². The van der Waals surface area contributed by atoms with Crippen LogP contribution in [0, 0.1) is 0 Å². The number of nitrogens with zero attached hydrogens (tertiary/aromatic N) is 1. The molecule has 1 rings (SSSR count). The number of rotatable bonds is 6. The molecule has 0 saturated carbocycles. The number of aryl methyl sites for hydroxylation is 1. The van der Waals surface area contributed by atoms with Crippen LogP contribution in [0.4, 0.5) is 0 Å². The van der Waals surface area contributed by atoms with Gasteiger partial charge < -0.3 is 9.88 Å². The van der Waals surface area contributed by atoms with E-state index in [9.17, 15) is 17.4 Å². The van der Waals surface area contributed by atoms with Crippen LogP contribution in [0.25, 0.3) is 0 Å². The number of carbonyl (C=O) groups is 1. The zero-order valence-electron chi connectivity index (χ0n) is 10.8. The minimum absolute atomic E-state index is 0.114. The van der Waals surface area contributed by atoms with Gasteiger partial charge in [-0.25, -0.2) is 13.6 Å². The molecule has 1 amide bonds. The first-order valence-electron chi connectivity index (χ1n) is 5.58. The van der Waals surface area contributed by atoms with Crippen molar-refractivity contribution in [2.75, 3.05) is 18.1 Å². The molecule has 1 unspecified atom stereocenters. The van der Waals surface area contributed by atoms with Gasteiger partial charge in [-0.3, -0.25) is 9.00 Å². The highest BCUT2D eigenvalue weighted by atomic mass is 32.2. The zero-order chi connectivity index (χ0) is 14.6. The fourth-order valence-corrected chi connectivity index (χ4v) is 2.63. The van der Waals surface area contributed by atoms with Crippen LogP contribution in [0.5, 0.6) is 0 Å². The lowest BCUT2D eigenvalue weighted by Crippen LogP contribution is -2.29. The van der Waals surface area contributed by atoms with Crippen LogP contribution in [0.2, 0.25) is 0 Å². The summed E-state index contributed by atoms with van der Waals surface area (Å²) in [6.45, 7) is 2.07. The summed E-state index contributed by atoms with van der Waals surface area (Å²) in [5.74, 6) is 0.482. The first kappa shape index (κ1) is 15.9. The van der Waals surface area contributed by atoms with Crippen LogP contribution >= 0.6 is 0 Å². The third-order valence-electron chi connectivity index (χ3n) is 2.48. The second-order valence-electron chi connectivity index (χ2n) is 3.91. The molecule has 0 aliphatic rings. The van der Waals surface area contributed by atoms with Gasteiger partial charge in [-0.05, 0) is 6.07 Å². The highest BCUT2D eigenvalue weighted by Gasteiger charge is 2.17. The zero-order valence-corrected chi connectivity index (χ0v) is 12.4. The molecule has 108 valence electrons. The van der Waals surface area contributed by atoms with E-state index in [1.165, 1.54) is 16.8 Å². The summed E-state index contributed by atoms with van der Waals surface area (Å²) < 4.78 is 34.9. The largest absolute Gasteiger partial charge is 0.350 e. The molecule has 0 fully saturated rings. The Hall–Kier alpha value is -1.19. The van der Waals surface area contributed by atoms with Crippen LogP contribution in [0.15, 0.2) is 17.2 Å². The average molecular weight is 307 g/mol. The van der Waals surface area contributed by atoms with E-state index >= 15 is 0 Å². The Balaban J connectivity index is 2.73. The molecule has 1 aromatic heterocycles. The second-order valence-corrected chi connectivity index (χ2v) is 7.33. The number of amides is 1.